The molecule has 1 N–H and O–H groups in total. The molecule has 0 bridgehead atoms. The van der Waals surface area contributed by atoms with Crippen molar-refractivity contribution in [2.75, 3.05) is 20.6 Å². The maximum atomic E-state index is 10.8. The summed E-state index contributed by atoms with van der Waals surface area (Å²) in [4.78, 5) is 23.4. The lowest BCUT2D eigenvalue weighted by atomic mass is 10.2. The molecule has 2 amide bonds. The van der Waals surface area contributed by atoms with E-state index in [-0.39, 0.29) is 11.8 Å². The van der Waals surface area contributed by atoms with E-state index in [1.54, 1.807) is 25.9 Å². The van der Waals surface area contributed by atoms with Crippen LogP contribution in [0.3, 0.4) is 0 Å². The molecule has 0 heterocycles. The molecule has 0 saturated heterocycles. The van der Waals surface area contributed by atoms with E-state index in [1.165, 1.54) is 0 Å². The molecule has 0 saturated carbocycles. The Morgan fingerprint density at radius 1 is 1.21 bits per heavy atom. The minimum Gasteiger partial charge on any atom is -0.359 e. The van der Waals surface area contributed by atoms with Gasteiger partial charge in [-0.2, -0.15) is 0 Å². The van der Waals surface area contributed by atoms with Gasteiger partial charge in [0.05, 0.1) is 0 Å². The highest BCUT2D eigenvalue weighted by atomic mass is 16.2. The maximum absolute atomic E-state index is 10.8. The Bertz CT molecular complexity index is 193. The number of hydrogen-bond acceptors (Lipinski definition) is 2. The lowest BCUT2D eigenvalue weighted by Crippen LogP contribution is -2.24. The van der Waals surface area contributed by atoms with Crippen LogP contribution in [-0.4, -0.2) is 37.4 Å². The zero-order valence-corrected chi connectivity index (χ0v) is 9.30. The molecule has 0 atom stereocenters. The van der Waals surface area contributed by atoms with Gasteiger partial charge in [-0.05, 0) is 12.8 Å². The van der Waals surface area contributed by atoms with Gasteiger partial charge in [0.2, 0.25) is 11.8 Å². The fraction of sp³-hybridized carbons (Fsp3) is 0.800. The summed E-state index contributed by atoms with van der Waals surface area (Å²) in [5.74, 6) is 0.182. The zero-order valence-electron chi connectivity index (χ0n) is 9.30. The summed E-state index contributed by atoms with van der Waals surface area (Å²) in [6.45, 7) is 2.34. The first-order chi connectivity index (χ1) is 6.57. The summed E-state index contributed by atoms with van der Waals surface area (Å²) >= 11 is 0. The highest BCUT2D eigenvalue weighted by molar-refractivity contribution is 5.75. The van der Waals surface area contributed by atoms with Crippen molar-refractivity contribution < 1.29 is 9.59 Å². The normalized spacial score (nSPS) is 9.64. The Morgan fingerprint density at radius 3 is 2.36 bits per heavy atom. The van der Waals surface area contributed by atoms with Crippen molar-refractivity contribution in [2.45, 2.75) is 32.6 Å². The minimum atomic E-state index is 0.0879. The Morgan fingerprint density at radius 2 is 1.86 bits per heavy atom. The minimum absolute atomic E-state index is 0.0879. The molecule has 0 aromatic heterocycles. The monoisotopic (exact) mass is 200 g/mol. The first-order valence-electron chi connectivity index (χ1n) is 5.00. The molecule has 0 aliphatic carbocycles. The highest BCUT2D eigenvalue weighted by Gasteiger charge is 2.01. The van der Waals surface area contributed by atoms with Gasteiger partial charge in [0.25, 0.3) is 0 Å². The van der Waals surface area contributed by atoms with E-state index in [2.05, 4.69) is 5.32 Å². The summed E-state index contributed by atoms with van der Waals surface area (Å²) in [7, 11) is 3.44. The third kappa shape index (κ3) is 6.46. The van der Waals surface area contributed by atoms with Crippen molar-refractivity contribution in [1.29, 1.82) is 0 Å². The number of carbonyl (C=O) groups excluding carboxylic acids is 2. The van der Waals surface area contributed by atoms with Gasteiger partial charge >= 0.3 is 0 Å². The Balaban J connectivity index is 3.30. The number of nitrogens with one attached hydrogen (secondary N) is 1. The van der Waals surface area contributed by atoms with Gasteiger partial charge in [0.15, 0.2) is 0 Å². The van der Waals surface area contributed by atoms with Gasteiger partial charge in [0, 0.05) is 34.0 Å². The van der Waals surface area contributed by atoms with Gasteiger partial charge in [-0.1, -0.05) is 6.42 Å². The second kappa shape index (κ2) is 7.35. The molecular formula is C10H20N2O2. The van der Waals surface area contributed by atoms with E-state index in [9.17, 15) is 9.59 Å². The molecule has 0 aromatic carbocycles. The molecule has 14 heavy (non-hydrogen) atoms. The number of hydrogen-bond donors (Lipinski definition) is 1. The molecule has 0 spiro atoms. The molecular weight excluding hydrogens is 180 g/mol. The van der Waals surface area contributed by atoms with Gasteiger partial charge in [-0.25, -0.2) is 0 Å². The molecule has 0 fully saturated rings. The van der Waals surface area contributed by atoms with E-state index >= 15 is 0 Å². The Kier molecular flexibility index (Phi) is 6.80. The standard InChI is InChI=1S/C10H20N2O2/c1-9(13)12(3)8-6-4-5-7-10(14)11-2/h4-8H2,1-3H3,(H,11,14). The van der Waals surface area contributed by atoms with Crippen LogP contribution in [0, 0.1) is 0 Å². The van der Waals surface area contributed by atoms with Crippen LogP contribution >= 0.6 is 0 Å². The van der Waals surface area contributed by atoms with Crippen LogP contribution in [0.5, 0.6) is 0 Å². The molecule has 0 rings (SSSR count). The van der Waals surface area contributed by atoms with Crippen molar-refractivity contribution in [1.82, 2.24) is 10.2 Å². The fourth-order valence-electron chi connectivity index (χ4n) is 1.09. The first kappa shape index (κ1) is 12.9. The second-order valence-electron chi connectivity index (χ2n) is 3.42. The van der Waals surface area contributed by atoms with Crippen molar-refractivity contribution in [3.8, 4) is 0 Å². The summed E-state index contributed by atoms with van der Waals surface area (Å²) in [6.07, 6.45) is 3.43. The molecule has 0 aromatic rings. The zero-order chi connectivity index (χ0) is 11.0. The number of carbonyl (C=O) groups is 2. The van der Waals surface area contributed by atoms with Gasteiger partial charge in [-0.15, -0.1) is 0 Å². The second-order valence-corrected chi connectivity index (χ2v) is 3.42. The van der Waals surface area contributed by atoms with Crippen LogP contribution < -0.4 is 5.32 Å². The van der Waals surface area contributed by atoms with Crippen molar-refractivity contribution in [3.05, 3.63) is 0 Å². The van der Waals surface area contributed by atoms with Gasteiger partial charge in [0.1, 0.15) is 0 Å². The van der Waals surface area contributed by atoms with Crippen LogP contribution in [-0.2, 0) is 9.59 Å². The van der Waals surface area contributed by atoms with Crippen LogP contribution in [0.1, 0.15) is 32.6 Å². The number of nitrogens with zero attached hydrogens (tertiary/aromatic N) is 1. The topological polar surface area (TPSA) is 49.4 Å². The largest absolute Gasteiger partial charge is 0.359 e. The van der Waals surface area contributed by atoms with Crippen LogP contribution in [0.2, 0.25) is 0 Å². The average Bonchev–Trinajstić information content (AvgIpc) is 2.16. The molecule has 0 unspecified atom stereocenters. The molecule has 0 radical (unpaired) electrons. The van der Waals surface area contributed by atoms with Gasteiger partial charge < -0.3 is 10.2 Å². The van der Waals surface area contributed by atoms with E-state index < -0.39 is 0 Å². The number of unbranched alkanes of at least 4 members (excludes halogenated alkanes) is 2. The lowest BCUT2D eigenvalue weighted by molar-refractivity contribution is -0.127. The van der Waals surface area contributed by atoms with E-state index in [0.717, 1.165) is 25.8 Å². The maximum Gasteiger partial charge on any atom is 0.219 e. The van der Waals surface area contributed by atoms with Crippen LogP contribution in [0.25, 0.3) is 0 Å². The predicted molar refractivity (Wildman–Crippen MR) is 55.8 cm³/mol. The smallest absolute Gasteiger partial charge is 0.219 e. The predicted octanol–water partition coefficient (Wildman–Crippen LogP) is 0.771. The summed E-state index contributed by atoms with van der Waals surface area (Å²) in [5.41, 5.74) is 0. The summed E-state index contributed by atoms with van der Waals surface area (Å²) < 4.78 is 0. The Labute approximate surface area is 85.7 Å². The van der Waals surface area contributed by atoms with Crippen LogP contribution in [0.4, 0.5) is 0 Å². The van der Waals surface area contributed by atoms with E-state index in [0.29, 0.717) is 6.42 Å². The molecule has 82 valence electrons. The molecule has 4 nitrogen and oxygen atoms in total. The fourth-order valence-corrected chi connectivity index (χ4v) is 1.09. The third-order valence-electron chi connectivity index (χ3n) is 2.21. The van der Waals surface area contributed by atoms with Crippen LogP contribution in [0.15, 0.2) is 0 Å². The quantitative estimate of drug-likeness (QED) is 0.644. The van der Waals surface area contributed by atoms with E-state index in [4.69, 9.17) is 0 Å². The van der Waals surface area contributed by atoms with Gasteiger partial charge in [-0.3, -0.25) is 9.59 Å². The molecule has 0 aliphatic rings. The SMILES string of the molecule is CNC(=O)CCCCCN(C)C(C)=O. The molecule has 4 heteroatoms. The summed E-state index contributed by atoms with van der Waals surface area (Å²) in [5, 5.41) is 2.58. The highest BCUT2D eigenvalue weighted by Crippen LogP contribution is 2.00. The number of rotatable bonds is 6. The Hall–Kier alpha value is -1.06. The van der Waals surface area contributed by atoms with Crippen molar-refractivity contribution in [2.24, 2.45) is 0 Å². The van der Waals surface area contributed by atoms with E-state index in [1.807, 2.05) is 0 Å². The third-order valence-corrected chi connectivity index (χ3v) is 2.21. The first-order valence-corrected chi connectivity index (χ1v) is 5.00. The van der Waals surface area contributed by atoms with Crippen molar-refractivity contribution in [3.63, 3.8) is 0 Å². The van der Waals surface area contributed by atoms with Crippen molar-refractivity contribution >= 4 is 11.8 Å². The lowest BCUT2D eigenvalue weighted by Gasteiger charge is -2.13. The summed E-state index contributed by atoms with van der Waals surface area (Å²) in [6, 6.07) is 0. The molecule has 0 aliphatic heterocycles. The average molecular weight is 200 g/mol. The number of amides is 2.